The van der Waals surface area contributed by atoms with E-state index in [1.54, 1.807) is 0 Å². The molecule has 0 unspecified atom stereocenters. The fraction of sp³-hybridized carbons (Fsp3) is 0.444. The zero-order valence-electron chi connectivity index (χ0n) is 20.3. The van der Waals surface area contributed by atoms with Crippen molar-refractivity contribution in [3.63, 3.8) is 0 Å². The molecule has 0 saturated carbocycles. The van der Waals surface area contributed by atoms with E-state index in [0.29, 0.717) is 18.3 Å². The second-order valence-electron chi connectivity index (χ2n) is 10.1. The van der Waals surface area contributed by atoms with Gasteiger partial charge in [-0.05, 0) is 61.9 Å². The number of rotatable bonds is 5. The van der Waals surface area contributed by atoms with Crippen molar-refractivity contribution >= 4 is 11.6 Å². The van der Waals surface area contributed by atoms with Crippen LogP contribution >= 0.6 is 0 Å². The first-order chi connectivity index (χ1) is 15.7. The topological polar surface area (TPSA) is 71.3 Å². The fourth-order valence-corrected chi connectivity index (χ4v) is 4.34. The van der Waals surface area contributed by atoms with Gasteiger partial charge in [0.1, 0.15) is 0 Å². The molecule has 0 aliphatic carbocycles. The highest BCUT2D eigenvalue weighted by Gasteiger charge is 2.26. The zero-order valence-corrected chi connectivity index (χ0v) is 20.3. The maximum Gasteiger partial charge on any atom is 0.241 e. The predicted molar refractivity (Wildman–Crippen MR) is 131 cm³/mol. The first-order valence-corrected chi connectivity index (χ1v) is 11.7. The van der Waals surface area contributed by atoms with E-state index in [4.69, 9.17) is 4.52 Å². The minimum absolute atomic E-state index is 0.0276. The summed E-state index contributed by atoms with van der Waals surface area (Å²) in [6.45, 7) is 12.9. The number of anilines is 1. The number of likely N-dealkylation sites (tertiary alicyclic amines) is 1. The van der Waals surface area contributed by atoms with Gasteiger partial charge in [-0.15, -0.1) is 0 Å². The van der Waals surface area contributed by atoms with Gasteiger partial charge >= 0.3 is 0 Å². The molecule has 4 rings (SSSR count). The quantitative estimate of drug-likeness (QED) is 0.560. The normalized spacial score (nSPS) is 15.5. The molecule has 2 heterocycles. The molecule has 6 heteroatoms. The van der Waals surface area contributed by atoms with Crippen LogP contribution in [0.4, 0.5) is 5.69 Å². The molecule has 0 bridgehead atoms. The first-order valence-electron chi connectivity index (χ1n) is 11.7. The van der Waals surface area contributed by atoms with Gasteiger partial charge in [0.15, 0.2) is 0 Å². The molecule has 33 heavy (non-hydrogen) atoms. The van der Waals surface area contributed by atoms with E-state index in [2.05, 4.69) is 65.4 Å². The number of aromatic nitrogens is 2. The van der Waals surface area contributed by atoms with Gasteiger partial charge in [0.25, 0.3) is 0 Å². The Balaban J connectivity index is 1.31. The summed E-state index contributed by atoms with van der Waals surface area (Å²) in [4.78, 5) is 19.7. The van der Waals surface area contributed by atoms with Gasteiger partial charge in [-0.1, -0.05) is 68.4 Å². The number of hydrogen-bond donors (Lipinski definition) is 1. The van der Waals surface area contributed by atoms with Gasteiger partial charge in [-0.2, -0.15) is 4.98 Å². The summed E-state index contributed by atoms with van der Waals surface area (Å²) in [5.41, 5.74) is 5.49. The number of carbonyl (C=O) groups excluding carboxylic acids is 1. The SMILES string of the molecule is Cc1cccc(C)c1NC(=O)C1CCN(Cc2nc(-c3ccc(C(C)(C)C)cc3)no2)CC1. The van der Waals surface area contributed by atoms with E-state index in [9.17, 15) is 4.79 Å². The van der Waals surface area contributed by atoms with Crippen LogP contribution in [-0.2, 0) is 16.8 Å². The summed E-state index contributed by atoms with van der Waals surface area (Å²) in [7, 11) is 0. The lowest BCUT2D eigenvalue weighted by atomic mass is 9.87. The average molecular weight is 447 g/mol. The van der Waals surface area contributed by atoms with E-state index in [1.807, 2.05) is 32.0 Å². The Morgan fingerprint density at radius 2 is 1.70 bits per heavy atom. The van der Waals surface area contributed by atoms with Crippen LogP contribution in [0, 0.1) is 19.8 Å². The van der Waals surface area contributed by atoms with Crippen LogP contribution in [0.2, 0.25) is 0 Å². The Morgan fingerprint density at radius 3 is 2.30 bits per heavy atom. The van der Waals surface area contributed by atoms with Gasteiger partial charge < -0.3 is 9.84 Å². The van der Waals surface area contributed by atoms with Crippen molar-refractivity contribution in [3.8, 4) is 11.4 Å². The Morgan fingerprint density at radius 1 is 1.06 bits per heavy atom. The van der Waals surface area contributed by atoms with Gasteiger partial charge in [-0.25, -0.2) is 0 Å². The van der Waals surface area contributed by atoms with Crippen LogP contribution < -0.4 is 5.32 Å². The number of carbonyl (C=O) groups is 1. The molecule has 6 nitrogen and oxygen atoms in total. The third-order valence-corrected chi connectivity index (χ3v) is 6.52. The van der Waals surface area contributed by atoms with Crippen molar-refractivity contribution in [1.82, 2.24) is 15.0 Å². The van der Waals surface area contributed by atoms with Gasteiger partial charge in [0, 0.05) is 17.2 Å². The Bertz CT molecular complexity index is 1080. The van der Waals surface area contributed by atoms with Crippen molar-refractivity contribution in [1.29, 1.82) is 0 Å². The maximum atomic E-state index is 12.8. The van der Waals surface area contributed by atoms with Crippen LogP contribution in [-0.4, -0.2) is 34.0 Å². The fourth-order valence-electron chi connectivity index (χ4n) is 4.34. The second-order valence-corrected chi connectivity index (χ2v) is 10.1. The van der Waals surface area contributed by atoms with E-state index in [1.165, 1.54) is 5.56 Å². The number of amides is 1. The summed E-state index contributed by atoms with van der Waals surface area (Å²) >= 11 is 0. The highest BCUT2D eigenvalue weighted by atomic mass is 16.5. The monoisotopic (exact) mass is 446 g/mol. The van der Waals surface area contributed by atoms with Gasteiger partial charge in [0.05, 0.1) is 6.54 Å². The van der Waals surface area contributed by atoms with Crippen molar-refractivity contribution in [2.75, 3.05) is 18.4 Å². The van der Waals surface area contributed by atoms with Crippen LogP contribution in [0.1, 0.15) is 56.2 Å². The van der Waals surface area contributed by atoms with Crippen LogP contribution in [0.15, 0.2) is 47.0 Å². The molecule has 1 saturated heterocycles. The molecule has 1 N–H and O–H groups in total. The van der Waals surface area contributed by atoms with Crippen molar-refractivity contribution in [2.45, 2.75) is 59.4 Å². The highest BCUT2D eigenvalue weighted by molar-refractivity contribution is 5.94. The summed E-state index contributed by atoms with van der Waals surface area (Å²) < 4.78 is 5.52. The Hall–Kier alpha value is -2.99. The lowest BCUT2D eigenvalue weighted by Crippen LogP contribution is -2.38. The Kier molecular flexibility index (Phi) is 6.66. The lowest BCUT2D eigenvalue weighted by Gasteiger charge is -2.30. The van der Waals surface area contributed by atoms with Gasteiger partial charge in [-0.3, -0.25) is 9.69 Å². The van der Waals surface area contributed by atoms with Crippen molar-refractivity contribution in [3.05, 3.63) is 65.0 Å². The molecule has 0 spiro atoms. The van der Waals surface area contributed by atoms with E-state index in [0.717, 1.165) is 48.3 Å². The minimum atomic E-state index is 0.0276. The molecule has 0 atom stereocenters. The van der Waals surface area contributed by atoms with Crippen LogP contribution in [0.3, 0.4) is 0 Å². The van der Waals surface area contributed by atoms with Crippen molar-refractivity contribution < 1.29 is 9.32 Å². The molecule has 174 valence electrons. The third-order valence-electron chi connectivity index (χ3n) is 6.52. The molecule has 1 aliphatic heterocycles. The Labute approximate surface area is 196 Å². The van der Waals surface area contributed by atoms with Crippen molar-refractivity contribution in [2.24, 2.45) is 5.92 Å². The minimum Gasteiger partial charge on any atom is -0.338 e. The number of piperidine rings is 1. The second kappa shape index (κ2) is 9.48. The molecular weight excluding hydrogens is 412 g/mol. The molecular formula is C27H34N4O2. The van der Waals surface area contributed by atoms with E-state index >= 15 is 0 Å². The first kappa shape index (κ1) is 23.2. The number of benzene rings is 2. The summed E-state index contributed by atoms with van der Waals surface area (Å²) in [5, 5.41) is 7.32. The van der Waals surface area contributed by atoms with Gasteiger partial charge in [0.2, 0.25) is 17.6 Å². The third kappa shape index (κ3) is 5.50. The summed E-state index contributed by atoms with van der Waals surface area (Å²) in [6.07, 6.45) is 1.65. The molecule has 2 aromatic carbocycles. The number of nitrogens with zero attached hydrogens (tertiary/aromatic N) is 3. The van der Waals surface area contributed by atoms with E-state index < -0.39 is 0 Å². The van der Waals surface area contributed by atoms with Crippen LogP contribution in [0.25, 0.3) is 11.4 Å². The highest BCUT2D eigenvalue weighted by Crippen LogP contribution is 2.26. The lowest BCUT2D eigenvalue weighted by molar-refractivity contribution is -0.121. The predicted octanol–water partition coefficient (Wildman–Crippen LogP) is 5.50. The number of aryl methyl sites for hydroxylation is 2. The standard InChI is InChI=1S/C27H34N4O2/c1-18-7-6-8-19(2)24(18)29-26(32)21-13-15-31(16-14-21)17-23-28-25(30-33-23)20-9-11-22(12-10-20)27(3,4)5/h6-12,21H,13-17H2,1-5H3,(H,29,32). The summed E-state index contributed by atoms with van der Waals surface area (Å²) in [5.74, 6) is 1.38. The molecule has 0 radical (unpaired) electrons. The van der Waals surface area contributed by atoms with Crippen LogP contribution in [0.5, 0.6) is 0 Å². The number of para-hydroxylation sites is 1. The molecule has 1 aliphatic rings. The zero-order chi connectivity index (χ0) is 23.6. The van der Waals surface area contributed by atoms with E-state index in [-0.39, 0.29) is 17.2 Å². The molecule has 1 amide bonds. The molecule has 1 aromatic heterocycles. The summed E-state index contributed by atoms with van der Waals surface area (Å²) in [6, 6.07) is 14.4. The number of nitrogens with one attached hydrogen (secondary N) is 1. The molecule has 3 aromatic rings. The maximum absolute atomic E-state index is 12.8. The molecule has 1 fully saturated rings. The largest absolute Gasteiger partial charge is 0.338 e. The average Bonchev–Trinajstić information content (AvgIpc) is 3.25. The smallest absolute Gasteiger partial charge is 0.241 e. The number of hydrogen-bond acceptors (Lipinski definition) is 5.